The number of methoxy groups -OCH3 is 2. The van der Waals surface area contributed by atoms with Gasteiger partial charge >= 0.3 is 5.97 Å². The van der Waals surface area contributed by atoms with Crippen molar-refractivity contribution in [3.8, 4) is 11.5 Å². The highest BCUT2D eigenvalue weighted by atomic mass is 35.5. The van der Waals surface area contributed by atoms with E-state index in [1.165, 1.54) is 7.11 Å². The van der Waals surface area contributed by atoms with Crippen LogP contribution >= 0.6 is 23.2 Å². The molecule has 0 spiro atoms. The van der Waals surface area contributed by atoms with E-state index in [4.69, 9.17) is 37.4 Å². The van der Waals surface area contributed by atoms with Crippen molar-refractivity contribution in [1.82, 2.24) is 5.32 Å². The van der Waals surface area contributed by atoms with E-state index in [2.05, 4.69) is 5.32 Å². The monoisotopic (exact) mass is 475 g/mol. The molecule has 1 aliphatic rings. The topological polar surface area (TPSA) is 73.9 Å². The molecule has 1 N–H and O–H groups in total. The first-order chi connectivity index (χ1) is 15.4. The number of benzene rings is 2. The first-order valence-electron chi connectivity index (χ1n) is 9.87. The van der Waals surface area contributed by atoms with Gasteiger partial charge < -0.3 is 19.5 Å². The zero-order valence-electron chi connectivity index (χ0n) is 17.7. The van der Waals surface area contributed by atoms with Gasteiger partial charge in [-0.1, -0.05) is 53.5 Å². The standard InChI is InChI=1S/C24H23Cl2NO5/c1-30-21-8-7-17(10-23(21)31-2)22(11-18-19(25)12-27-13-20(18)26)32-24(29)9-15-3-5-16(14-28)6-4-15/h3-8,10,12,14,22,27H,9,11,13H2,1-2H3/t22-/m0/s1. The van der Waals surface area contributed by atoms with E-state index >= 15 is 0 Å². The molecule has 0 fully saturated rings. The Morgan fingerprint density at radius 3 is 2.44 bits per heavy atom. The molecule has 2 aromatic carbocycles. The fourth-order valence-corrected chi connectivity index (χ4v) is 3.88. The molecule has 0 aromatic heterocycles. The van der Waals surface area contributed by atoms with E-state index in [1.807, 2.05) is 6.07 Å². The first kappa shape index (κ1) is 23.7. The Balaban J connectivity index is 1.86. The molecule has 1 atom stereocenters. The maximum absolute atomic E-state index is 12.8. The molecule has 0 bridgehead atoms. The van der Waals surface area contributed by atoms with Gasteiger partial charge in [0.2, 0.25) is 0 Å². The summed E-state index contributed by atoms with van der Waals surface area (Å²) in [5, 5.41) is 4.01. The molecular weight excluding hydrogens is 453 g/mol. The molecule has 0 amide bonds. The van der Waals surface area contributed by atoms with Crippen molar-refractivity contribution in [3.05, 3.63) is 81.0 Å². The van der Waals surface area contributed by atoms with Gasteiger partial charge in [0, 0.05) is 23.2 Å². The van der Waals surface area contributed by atoms with Crippen LogP contribution in [0.4, 0.5) is 0 Å². The summed E-state index contributed by atoms with van der Waals surface area (Å²) in [6.45, 7) is 0.447. The van der Waals surface area contributed by atoms with Crippen LogP contribution in [0.2, 0.25) is 0 Å². The van der Waals surface area contributed by atoms with Crippen molar-refractivity contribution in [2.75, 3.05) is 20.8 Å². The fraction of sp³-hybridized carbons (Fsp3) is 0.250. The number of aldehydes is 1. The number of hydrogen-bond acceptors (Lipinski definition) is 6. The van der Waals surface area contributed by atoms with Crippen molar-refractivity contribution >= 4 is 35.5 Å². The summed E-state index contributed by atoms with van der Waals surface area (Å²) >= 11 is 12.7. The van der Waals surface area contributed by atoms with Crippen molar-refractivity contribution in [2.24, 2.45) is 0 Å². The van der Waals surface area contributed by atoms with Gasteiger partial charge in [0.25, 0.3) is 0 Å². The van der Waals surface area contributed by atoms with Gasteiger partial charge in [0.15, 0.2) is 11.5 Å². The van der Waals surface area contributed by atoms with Crippen molar-refractivity contribution < 1.29 is 23.8 Å². The van der Waals surface area contributed by atoms with Crippen LogP contribution in [0, 0.1) is 0 Å². The molecule has 0 aliphatic carbocycles. The van der Waals surface area contributed by atoms with Gasteiger partial charge in [-0.3, -0.25) is 9.59 Å². The van der Waals surface area contributed by atoms with E-state index in [9.17, 15) is 9.59 Å². The van der Waals surface area contributed by atoms with E-state index in [-0.39, 0.29) is 6.42 Å². The minimum atomic E-state index is -0.652. The number of hydrogen-bond donors (Lipinski definition) is 1. The predicted molar refractivity (Wildman–Crippen MR) is 123 cm³/mol. The lowest BCUT2D eigenvalue weighted by Crippen LogP contribution is -2.19. The molecule has 3 rings (SSSR count). The Bertz CT molecular complexity index is 1050. The minimum Gasteiger partial charge on any atom is -0.493 e. The summed E-state index contributed by atoms with van der Waals surface area (Å²) < 4.78 is 16.6. The van der Waals surface area contributed by atoms with Crippen LogP contribution in [0.15, 0.2) is 64.3 Å². The minimum absolute atomic E-state index is 0.0564. The second kappa shape index (κ2) is 11.1. The Labute approximate surface area is 196 Å². The summed E-state index contributed by atoms with van der Waals surface area (Å²) in [7, 11) is 3.09. The molecule has 0 radical (unpaired) electrons. The number of carbonyl (C=O) groups excluding carboxylic acids is 2. The largest absolute Gasteiger partial charge is 0.493 e. The third-order valence-electron chi connectivity index (χ3n) is 5.01. The zero-order chi connectivity index (χ0) is 23.1. The van der Waals surface area contributed by atoms with Gasteiger partial charge in [0.05, 0.1) is 32.2 Å². The SMILES string of the molecule is COc1ccc([C@H](CC2=C(Cl)CNC=C2Cl)OC(=O)Cc2ccc(C=O)cc2)cc1OC. The quantitative estimate of drug-likeness (QED) is 0.410. The Morgan fingerprint density at radius 2 is 1.81 bits per heavy atom. The average molecular weight is 476 g/mol. The van der Waals surface area contributed by atoms with Crippen molar-refractivity contribution in [1.29, 1.82) is 0 Å². The van der Waals surface area contributed by atoms with Crippen molar-refractivity contribution in [2.45, 2.75) is 18.9 Å². The van der Waals surface area contributed by atoms with Crippen LogP contribution in [0.1, 0.15) is 34.0 Å². The van der Waals surface area contributed by atoms with Gasteiger partial charge in [-0.15, -0.1) is 0 Å². The molecule has 168 valence electrons. The molecule has 0 saturated heterocycles. The van der Waals surface area contributed by atoms with Crippen LogP contribution in [0.5, 0.6) is 11.5 Å². The predicted octanol–water partition coefficient (Wildman–Crippen LogP) is 4.91. The Kier molecular flexibility index (Phi) is 8.20. The average Bonchev–Trinajstić information content (AvgIpc) is 2.80. The highest BCUT2D eigenvalue weighted by Crippen LogP contribution is 2.37. The second-order valence-electron chi connectivity index (χ2n) is 7.09. The molecular formula is C24H23Cl2NO5. The highest BCUT2D eigenvalue weighted by molar-refractivity contribution is 6.36. The van der Waals surface area contributed by atoms with Crippen LogP contribution < -0.4 is 14.8 Å². The second-order valence-corrected chi connectivity index (χ2v) is 7.95. The number of halogens is 2. The maximum Gasteiger partial charge on any atom is 0.310 e. The lowest BCUT2D eigenvalue weighted by atomic mass is 9.99. The summed E-state index contributed by atoms with van der Waals surface area (Å²) in [5.74, 6) is 0.658. The van der Waals surface area contributed by atoms with E-state index < -0.39 is 12.1 Å². The third-order valence-corrected chi connectivity index (χ3v) is 5.71. The third kappa shape index (κ3) is 5.84. The van der Waals surface area contributed by atoms with Gasteiger partial charge in [-0.05, 0) is 28.8 Å². The Hall–Kier alpha value is -2.96. The normalized spacial score (nSPS) is 14.2. The summed E-state index contributed by atoms with van der Waals surface area (Å²) in [4.78, 5) is 23.6. The zero-order valence-corrected chi connectivity index (χ0v) is 19.2. The summed E-state index contributed by atoms with van der Waals surface area (Å²) in [5.41, 5.74) is 2.70. The van der Waals surface area contributed by atoms with E-state index in [0.717, 1.165) is 11.8 Å². The number of ether oxygens (including phenoxy) is 3. The molecule has 0 unspecified atom stereocenters. The molecule has 6 nitrogen and oxygen atoms in total. The Morgan fingerprint density at radius 1 is 1.09 bits per heavy atom. The fourth-order valence-electron chi connectivity index (χ4n) is 3.31. The molecule has 1 heterocycles. The first-order valence-corrected chi connectivity index (χ1v) is 10.6. The number of dihydropyridines is 1. The molecule has 8 heteroatoms. The lowest BCUT2D eigenvalue weighted by Gasteiger charge is -2.23. The molecule has 32 heavy (non-hydrogen) atoms. The number of allylic oxidation sites excluding steroid dienone is 1. The molecule has 1 aliphatic heterocycles. The summed E-state index contributed by atoms with van der Waals surface area (Å²) in [6, 6.07) is 12.1. The molecule has 2 aromatic rings. The van der Waals surface area contributed by atoms with Gasteiger partial charge in [-0.25, -0.2) is 0 Å². The van der Waals surface area contributed by atoms with Crippen LogP contribution in [0.3, 0.4) is 0 Å². The lowest BCUT2D eigenvalue weighted by molar-refractivity contribution is -0.148. The van der Waals surface area contributed by atoms with Crippen LogP contribution in [0.25, 0.3) is 0 Å². The number of rotatable bonds is 9. The smallest absolute Gasteiger partial charge is 0.310 e. The van der Waals surface area contributed by atoms with Crippen LogP contribution in [-0.2, 0) is 16.0 Å². The number of nitrogens with one attached hydrogen (secondary N) is 1. The van der Waals surface area contributed by atoms with E-state index in [1.54, 1.807) is 49.7 Å². The van der Waals surface area contributed by atoms with Crippen LogP contribution in [-0.4, -0.2) is 33.0 Å². The number of carbonyl (C=O) groups is 2. The van der Waals surface area contributed by atoms with Gasteiger partial charge in [0.1, 0.15) is 12.4 Å². The summed E-state index contributed by atoms with van der Waals surface area (Å²) in [6.07, 6.45) is 2.12. The molecule has 0 saturated carbocycles. The van der Waals surface area contributed by atoms with Crippen molar-refractivity contribution in [3.63, 3.8) is 0 Å². The van der Waals surface area contributed by atoms with Gasteiger partial charge in [-0.2, -0.15) is 0 Å². The van der Waals surface area contributed by atoms with E-state index in [0.29, 0.717) is 51.2 Å². The number of esters is 1. The maximum atomic E-state index is 12.8. The highest BCUT2D eigenvalue weighted by Gasteiger charge is 2.24.